The summed E-state index contributed by atoms with van der Waals surface area (Å²) in [6, 6.07) is 1.80. The van der Waals surface area contributed by atoms with Crippen molar-refractivity contribution in [1.82, 2.24) is 19.8 Å². The maximum Gasteiger partial charge on any atom is 0.211 e. The minimum Gasteiger partial charge on any atom is -0.317 e. The zero-order valence-electron chi connectivity index (χ0n) is 11.7. The van der Waals surface area contributed by atoms with Crippen LogP contribution in [0.3, 0.4) is 0 Å². The Morgan fingerprint density at radius 3 is 2.74 bits per heavy atom. The molecule has 0 aromatic carbocycles. The van der Waals surface area contributed by atoms with E-state index in [4.69, 9.17) is 0 Å². The second kappa shape index (κ2) is 8.29. The molecule has 7 heteroatoms. The average Bonchev–Trinajstić information content (AvgIpc) is 2.77. The van der Waals surface area contributed by atoms with Crippen LogP contribution in [0.2, 0.25) is 0 Å². The van der Waals surface area contributed by atoms with Crippen LogP contribution >= 0.6 is 0 Å². The first-order chi connectivity index (χ1) is 9.03. The van der Waals surface area contributed by atoms with E-state index < -0.39 is 10.0 Å². The summed E-state index contributed by atoms with van der Waals surface area (Å²) in [6.45, 7) is 4.24. The predicted octanol–water partition coefficient (Wildman–Crippen LogP) is 0.619. The van der Waals surface area contributed by atoms with Crippen molar-refractivity contribution < 1.29 is 8.42 Å². The van der Waals surface area contributed by atoms with Crippen molar-refractivity contribution in [2.45, 2.75) is 32.7 Å². The van der Waals surface area contributed by atoms with Crippen molar-refractivity contribution in [1.29, 1.82) is 0 Å². The Morgan fingerprint density at radius 2 is 2.11 bits per heavy atom. The van der Waals surface area contributed by atoms with Crippen molar-refractivity contribution in [2.24, 2.45) is 7.05 Å². The molecular weight excluding hydrogens is 264 g/mol. The van der Waals surface area contributed by atoms with Crippen molar-refractivity contribution in [3.63, 3.8) is 0 Å². The second-order valence-electron chi connectivity index (χ2n) is 4.58. The third-order valence-electron chi connectivity index (χ3n) is 2.69. The van der Waals surface area contributed by atoms with Gasteiger partial charge >= 0.3 is 0 Å². The van der Waals surface area contributed by atoms with Crippen molar-refractivity contribution in [3.8, 4) is 0 Å². The smallest absolute Gasteiger partial charge is 0.211 e. The second-order valence-corrected chi connectivity index (χ2v) is 6.50. The van der Waals surface area contributed by atoms with E-state index in [1.54, 1.807) is 24.0 Å². The summed E-state index contributed by atoms with van der Waals surface area (Å²) in [5, 5.41) is 7.38. The summed E-state index contributed by atoms with van der Waals surface area (Å²) in [5.74, 6) is 0.174. The number of aryl methyl sites for hydroxylation is 1. The first-order valence-electron chi connectivity index (χ1n) is 6.70. The van der Waals surface area contributed by atoms with Crippen LogP contribution < -0.4 is 10.0 Å². The summed E-state index contributed by atoms with van der Waals surface area (Å²) in [5.41, 5.74) is 0.732. The molecule has 1 aromatic heterocycles. The molecule has 0 bridgehead atoms. The largest absolute Gasteiger partial charge is 0.317 e. The molecule has 1 aromatic rings. The Balaban J connectivity index is 2.17. The SMILES string of the molecule is CCCNCCCCS(=O)(=O)NCc1ccn(C)n1. The number of nitrogens with one attached hydrogen (secondary N) is 2. The van der Waals surface area contributed by atoms with Crippen LogP contribution in [0, 0.1) is 0 Å². The van der Waals surface area contributed by atoms with Gasteiger partial charge < -0.3 is 5.32 Å². The zero-order chi connectivity index (χ0) is 14.1. The predicted molar refractivity (Wildman–Crippen MR) is 76.2 cm³/mol. The molecule has 0 spiro atoms. The van der Waals surface area contributed by atoms with Crippen LogP contribution in [0.15, 0.2) is 12.3 Å². The molecule has 0 atom stereocenters. The van der Waals surface area contributed by atoms with Gasteiger partial charge in [-0.05, 0) is 38.4 Å². The topological polar surface area (TPSA) is 76.0 Å². The standard InChI is InChI=1S/C12H24N4O2S/c1-3-7-13-8-4-5-10-19(17,18)14-11-12-6-9-16(2)15-12/h6,9,13-14H,3-5,7-8,10-11H2,1-2H3. The molecule has 1 rings (SSSR count). The maximum atomic E-state index is 11.7. The van der Waals surface area contributed by atoms with Gasteiger partial charge in [0.25, 0.3) is 0 Å². The van der Waals surface area contributed by atoms with E-state index >= 15 is 0 Å². The number of unbranched alkanes of at least 4 members (excludes halogenated alkanes) is 1. The Morgan fingerprint density at radius 1 is 1.32 bits per heavy atom. The normalized spacial score (nSPS) is 11.9. The van der Waals surface area contributed by atoms with E-state index in [0.717, 1.165) is 31.6 Å². The van der Waals surface area contributed by atoms with Gasteiger partial charge in [-0.3, -0.25) is 4.68 Å². The molecular formula is C12H24N4O2S. The van der Waals surface area contributed by atoms with Crippen LogP contribution in [0.1, 0.15) is 31.9 Å². The van der Waals surface area contributed by atoms with E-state index in [1.165, 1.54) is 0 Å². The Labute approximate surface area is 115 Å². The van der Waals surface area contributed by atoms with Gasteiger partial charge in [0.1, 0.15) is 0 Å². The molecule has 6 nitrogen and oxygen atoms in total. The first-order valence-corrected chi connectivity index (χ1v) is 8.35. The van der Waals surface area contributed by atoms with Gasteiger partial charge in [-0.1, -0.05) is 6.92 Å². The number of hydrogen-bond acceptors (Lipinski definition) is 4. The fraction of sp³-hybridized carbons (Fsp3) is 0.750. The molecule has 0 radical (unpaired) electrons. The highest BCUT2D eigenvalue weighted by Gasteiger charge is 2.10. The molecule has 1 heterocycles. The van der Waals surface area contributed by atoms with Crippen molar-refractivity contribution in [2.75, 3.05) is 18.8 Å². The molecule has 0 unspecified atom stereocenters. The lowest BCUT2D eigenvalue weighted by Crippen LogP contribution is -2.26. The third-order valence-corrected chi connectivity index (χ3v) is 4.10. The summed E-state index contributed by atoms with van der Waals surface area (Å²) < 4.78 is 27.7. The van der Waals surface area contributed by atoms with Crippen LogP contribution in [0.25, 0.3) is 0 Å². The lowest BCUT2D eigenvalue weighted by molar-refractivity contribution is 0.571. The molecule has 0 aliphatic heterocycles. The maximum absolute atomic E-state index is 11.7. The Kier molecular flexibility index (Phi) is 7.04. The number of sulfonamides is 1. The van der Waals surface area contributed by atoms with Gasteiger partial charge in [0.15, 0.2) is 0 Å². The highest BCUT2D eigenvalue weighted by Crippen LogP contribution is 1.98. The molecule has 0 amide bonds. The lowest BCUT2D eigenvalue weighted by Gasteiger charge is -2.06. The summed E-state index contributed by atoms with van der Waals surface area (Å²) >= 11 is 0. The van der Waals surface area contributed by atoms with Gasteiger partial charge in [-0.15, -0.1) is 0 Å². The molecule has 2 N–H and O–H groups in total. The van der Waals surface area contributed by atoms with Crippen molar-refractivity contribution in [3.05, 3.63) is 18.0 Å². The highest BCUT2D eigenvalue weighted by atomic mass is 32.2. The molecule has 0 aliphatic carbocycles. The average molecular weight is 288 g/mol. The first kappa shape index (κ1) is 16.1. The quantitative estimate of drug-likeness (QED) is 0.619. The molecule has 110 valence electrons. The number of aromatic nitrogens is 2. The summed E-state index contributed by atoms with van der Waals surface area (Å²) in [6.07, 6.45) is 4.45. The third kappa shape index (κ3) is 7.29. The highest BCUT2D eigenvalue weighted by molar-refractivity contribution is 7.89. The molecule has 0 saturated heterocycles. The Hall–Kier alpha value is -0.920. The fourth-order valence-electron chi connectivity index (χ4n) is 1.66. The summed E-state index contributed by atoms with van der Waals surface area (Å²) in [7, 11) is -1.38. The van der Waals surface area contributed by atoms with E-state index in [2.05, 4.69) is 22.1 Å². The lowest BCUT2D eigenvalue weighted by atomic mass is 10.3. The number of rotatable bonds is 10. The van der Waals surface area contributed by atoms with Gasteiger partial charge in [0, 0.05) is 13.2 Å². The number of nitrogens with zero attached hydrogens (tertiary/aromatic N) is 2. The summed E-state index contributed by atoms with van der Waals surface area (Å²) in [4.78, 5) is 0. The zero-order valence-corrected chi connectivity index (χ0v) is 12.5. The minimum atomic E-state index is -3.19. The monoisotopic (exact) mass is 288 g/mol. The van der Waals surface area contributed by atoms with E-state index in [9.17, 15) is 8.42 Å². The van der Waals surface area contributed by atoms with Crippen LogP contribution in [-0.2, 0) is 23.6 Å². The van der Waals surface area contributed by atoms with Crippen LogP contribution in [0.4, 0.5) is 0 Å². The van der Waals surface area contributed by atoms with Crippen molar-refractivity contribution >= 4 is 10.0 Å². The van der Waals surface area contributed by atoms with E-state index in [0.29, 0.717) is 6.42 Å². The van der Waals surface area contributed by atoms with Gasteiger partial charge in [-0.2, -0.15) is 5.10 Å². The molecule has 0 aliphatic rings. The van der Waals surface area contributed by atoms with Gasteiger partial charge in [0.2, 0.25) is 10.0 Å². The van der Waals surface area contributed by atoms with Crippen LogP contribution in [0.5, 0.6) is 0 Å². The molecule has 19 heavy (non-hydrogen) atoms. The van der Waals surface area contributed by atoms with Gasteiger partial charge in [-0.25, -0.2) is 13.1 Å². The van der Waals surface area contributed by atoms with E-state index in [-0.39, 0.29) is 12.3 Å². The van der Waals surface area contributed by atoms with E-state index in [1.807, 2.05) is 0 Å². The fourth-order valence-corrected chi connectivity index (χ4v) is 2.75. The van der Waals surface area contributed by atoms with Crippen LogP contribution in [-0.4, -0.2) is 37.0 Å². The number of hydrogen-bond donors (Lipinski definition) is 2. The minimum absolute atomic E-state index is 0.174. The molecule has 0 saturated carbocycles. The van der Waals surface area contributed by atoms with Gasteiger partial charge in [0.05, 0.1) is 18.0 Å². The Bertz CT molecular complexity index is 456. The molecule has 0 fully saturated rings.